The lowest BCUT2D eigenvalue weighted by Gasteiger charge is -2.16. The van der Waals surface area contributed by atoms with Crippen molar-refractivity contribution in [2.75, 3.05) is 5.73 Å². The van der Waals surface area contributed by atoms with Gasteiger partial charge >= 0.3 is 5.97 Å². The molecule has 0 aliphatic carbocycles. The Balaban J connectivity index is 2.84. The lowest BCUT2D eigenvalue weighted by atomic mass is 10.1. The second kappa shape index (κ2) is 5.07. The number of aliphatic carboxylic acids is 1. The Morgan fingerprint density at radius 2 is 2.00 bits per heavy atom. The summed E-state index contributed by atoms with van der Waals surface area (Å²) in [6.07, 6.45) is 0. The van der Waals surface area contributed by atoms with Crippen molar-refractivity contribution in [3.8, 4) is 0 Å². The monoisotopic (exact) mass is 225 g/mol. The molecule has 0 aliphatic heterocycles. The van der Waals surface area contributed by atoms with E-state index in [4.69, 9.17) is 10.8 Å². The number of nitrogens with two attached hydrogens (primary N) is 1. The van der Waals surface area contributed by atoms with Crippen LogP contribution in [-0.4, -0.2) is 16.3 Å². The molecule has 1 aromatic rings. The highest BCUT2D eigenvalue weighted by molar-refractivity contribution is 8.00. The van der Waals surface area contributed by atoms with E-state index in [-0.39, 0.29) is 5.92 Å². The van der Waals surface area contributed by atoms with Gasteiger partial charge in [-0.15, -0.1) is 11.8 Å². The fourth-order valence-corrected chi connectivity index (χ4v) is 2.20. The summed E-state index contributed by atoms with van der Waals surface area (Å²) in [5.41, 5.74) is 6.39. The van der Waals surface area contributed by atoms with E-state index in [2.05, 4.69) is 0 Å². The van der Waals surface area contributed by atoms with Crippen molar-refractivity contribution in [1.82, 2.24) is 0 Å². The predicted molar refractivity (Wildman–Crippen MR) is 63.0 cm³/mol. The summed E-state index contributed by atoms with van der Waals surface area (Å²) in [5, 5.41) is 8.58. The van der Waals surface area contributed by atoms with Gasteiger partial charge in [0, 0.05) is 10.6 Å². The van der Waals surface area contributed by atoms with Crippen LogP contribution in [0.3, 0.4) is 0 Å². The first-order valence-electron chi connectivity index (χ1n) is 4.76. The molecule has 0 saturated heterocycles. The van der Waals surface area contributed by atoms with Crippen LogP contribution in [0.1, 0.15) is 13.8 Å². The van der Waals surface area contributed by atoms with Crippen LogP contribution < -0.4 is 5.73 Å². The van der Waals surface area contributed by atoms with E-state index in [0.717, 1.165) is 4.90 Å². The summed E-state index contributed by atoms with van der Waals surface area (Å²) in [7, 11) is 0. The molecule has 0 fully saturated rings. The molecular formula is C11H15NO2S. The maximum Gasteiger partial charge on any atom is 0.317 e. The van der Waals surface area contributed by atoms with Crippen molar-refractivity contribution in [1.29, 1.82) is 0 Å². The Labute approximate surface area is 93.7 Å². The second-order valence-corrected chi connectivity index (χ2v) is 4.84. The van der Waals surface area contributed by atoms with Crippen molar-refractivity contribution >= 4 is 23.4 Å². The maximum absolute atomic E-state index is 11.0. The fraction of sp³-hybridized carbons (Fsp3) is 0.364. The summed E-state index contributed by atoms with van der Waals surface area (Å²) in [6.45, 7) is 3.79. The first kappa shape index (κ1) is 11.9. The average Bonchev–Trinajstić information content (AvgIpc) is 2.15. The predicted octanol–water partition coefficient (Wildman–Crippen LogP) is 2.47. The van der Waals surface area contributed by atoms with Gasteiger partial charge in [0.2, 0.25) is 0 Å². The van der Waals surface area contributed by atoms with Crippen molar-refractivity contribution in [3.63, 3.8) is 0 Å². The zero-order valence-corrected chi connectivity index (χ0v) is 9.62. The van der Waals surface area contributed by atoms with Crippen molar-refractivity contribution in [2.45, 2.75) is 24.0 Å². The molecular weight excluding hydrogens is 210 g/mol. The Bertz CT molecular complexity index is 352. The molecule has 3 N–H and O–H groups in total. The standard InChI is InChI=1S/C11H15NO2S/c1-7(2)10(11(13)14)15-9-6-4-3-5-8(9)12/h3-7,10H,12H2,1-2H3,(H,13,14). The Morgan fingerprint density at radius 3 is 2.47 bits per heavy atom. The minimum atomic E-state index is -0.793. The van der Waals surface area contributed by atoms with Gasteiger partial charge in [-0.1, -0.05) is 26.0 Å². The van der Waals surface area contributed by atoms with E-state index >= 15 is 0 Å². The van der Waals surface area contributed by atoms with Crippen molar-refractivity contribution < 1.29 is 9.90 Å². The molecule has 1 aromatic carbocycles. The smallest absolute Gasteiger partial charge is 0.317 e. The highest BCUT2D eigenvalue weighted by Gasteiger charge is 2.23. The summed E-state index contributed by atoms with van der Waals surface area (Å²) >= 11 is 1.31. The number of carboxylic acid groups (broad SMARTS) is 1. The van der Waals surface area contributed by atoms with Gasteiger partial charge in [-0.25, -0.2) is 0 Å². The van der Waals surface area contributed by atoms with Crippen LogP contribution in [0.5, 0.6) is 0 Å². The molecule has 0 saturated carbocycles. The topological polar surface area (TPSA) is 63.3 Å². The quantitative estimate of drug-likeness (QED) is 0.610. The van der Waals surface area contributed by atoms with E-state index in [1.54, 1.807) is 6.07 Å². The van der Waals surface area contributed by atoms with Crippen molar-refractivity contribution in [2.24, 2.45) is 5.92 Å². The SMILES string of the molecule is CC(C)C(Sc1ccccc1N)C(=O)O. The molecule has 15 heavy (non-hydrogen) atoms. The number of rotatable bonds is 4. The lowest BCUT2D eigenvalue weighted by Crippen LogP contribution is -2.22. The van der Waals surface area contributed by atoms with E-state index < -0.39 is 11.2 Å². The highest BCUT2D eigenvalue weighted by atomic mass is 32.2. The molecule has 82 valence electrons. The number of hydrogen-bond acceptors (Lipinski definition) is 3. The van der Waals surface area contributed by atoms with Gasteiger partial charge < -0.3 is 10.8 Å². The van der Waals surface area contributed by atoms with Gasteiger partial charge in [-0.2, -0.15) is 0 Å². The van der Waals surface area contributed by atoms with Crippen LogP contribution in [0.25, 0.3) is 0 Å². The van der Waals surface area contributed by atoms with Crippen LogP contribution >= 0.6 is 11.8 Å². The molecule has 3 nitrogen and oxygen atoms in total. The molecule has 0 bridgehead atoms. The number of para-hydroxylation sites is 1. The second-order valence-electron chi connectivity index (χ2n) is 3.66. The Morgan fingerprint density at radius 1 is 1.40 bits per heavy atom. The normalized spacial score (nSPS) is 12.7. The molecule has 0 spiro atoms. The molecule has 0 heterocycles. The van der Waals surface area contributed by atoms with Gasteiger partial charge in [0.05, 0.1) is 0 Å². The van der Waals surface area contributed by atoms with Gasteiger partial charge in [-0.05, 0) is 18.1 Å². The molecule has 0 aromatic heterocycles. The lowest BCUT2D eigenvalue weighted by molar-refractivity contribution is -0.137. The third-order valence-corrected chi connectivity index (χ3v) is 3.65. The first-order valence-corrected chi connectivity index (χ1v) is 5.64. The number of nitrogen functional groups attached to an aromatic ring is 1. The summed E-state index contributed by atoms with van der Waals surface area (Å²) in [6, 6.07) is 7.32. The molecule has 1 unspecified atom stereocenters. The number of anilines is 1. The molecule has 0 aliphatic rings. The zero-order valence-electron chi connectivity index (χ0n) is 8.81. The number of benzene rings is 1. The van der Waals surface area contributed by atoms with Crippen LogP contribution in [0, 0.1) is 5.92 Å². The number of carboxylic acids is 1. The summed E-state index contributed by atoms with van der Waals surface area (Å²) in [5.74, 6) is -0.717. The van der Waals surface area contributed by atoms with Gasteiger partial charge in [0.25, 0.3) is 0 Å². The van der Waals surface area contributed by atoms with E-state index in [1.165, 1.54) is 11.8 Å². The van der Waals surface area contributed by atoms with Gasteiger partial charge in [0.1, 0.15) is 5.25 Å². The minimum absolute atomic E-state index is 0.0760. The third kappa shape index (κ3) is 3.16. The highest BCUT2D eigenvalue weighted by Crippen LogP contribution is 2.31. The molecule has 0 amide bonds. The molecule has 1 atom stereocenters. The van der Waals surface area contributed by atoms with Crippen molar-refractivity contribution in [3.05, 3.63) is 24.3 Å². The summed E-state index contributed by atoms with van der Waals surface area (Å²) < 4.78 is 0. The van der Waals surface area contributed by atoms with Gasteiger partial charge in [-0.3, -0.25) is 4.79 Å². The number of carbonyl (C=O) groups is 1. The maximum atomic E-state index is 11.0. The summed E-state index contributed by atoms with van der Waals surface area (Å²) in [4.78, 5) is 11.8. The van der Waals surface area contributed by atoms with Crippen LogP contribution in [0.4, 0.5) is 5.69 Å². The average molecular weight is 225 g/mol. The van der Waals surface area contributed by atoms with E-state index in [9.17, 15) is 4.79 Å². The van der Waals surface area contributed by atoms with Crippen LogP contribution in [0.15, 0.2) is 29.2 Å². The Kier molecular flexibility index (Phi) is 4.03. The van der Waals surface area contributed by atoms with E-state index in [1.807, 2.05) is 32.0 Å². The molecule has 1 rings (SSSR count). The molecule has 0 radical (unpaired) electrons. The van der Waals surface area contributed by atoms with E-state index in [0.29, 0.717) is 5.69 Å². The number of thioether (sulfide) groups is 1. The number of hydrogen-bond donors (Lipinski definition) is 2. The third-order valence-electron chi connectivity index (χ3n) is 2.02. The zero-order chi connectivity index (χ0) is 11.4. The Hall–Kier alpha value is -1.16. The van der Waals surface area contributed by atoms with Crippen LogP contribution in [-0.2, 0) is 4.79 Å². The van der Waals surface area contributed by atoms with Crippen LogP contribution in [0.2, 0.25) is 0 Å². The first-order chi connectivity index (χ1) is 7.02. The largest absolute Gasteiger partial charge is 0.480 e. The minimum Gasteiger partial charge on any atom is -0.480 e. The molecule has 4 heteroatoms. The fourth-order valence-electron chi connectivity index (χ4n) is 1.20. The van der Waals surface area contributed by atoms with Gasteiger partial charge in [0.15, 0.2) is 0 Å².